The Morgan fingerprint density at radius 2 is 2.10 bits per heavy atom. The molecule has 0 bridgehead atoms. The molecule has 4 rings (SSSR count). The average molecular weight is 410 g/mol. The highest BCUT2D eigenvalue weighted by atomic mass is 16.7. The zero-order valence-corrected chi connectivity index (χ0v) is 17.0. The van der Waals surface area contributed by atoms with Gasteiger partial charge in [-0.15, -0.1) is 0 Å². The van der Waals surface area contributed by atoms with Crippen molar-refractivity contribution in [1.82, 2.24) is 5.32 Å². The molecule has 1 heterocycles. The SMILES string of the molecule is COc1cc(C#CC2CC2)cc(NC(=O)/C(=C/NCC2OCC3(CC3)CO2)N=N)c1. The van der Waals surface area contributed by atoms with Gasteiger partial charge in [-0.3, -0.25) is 4.79 Å². The van der Waals surface area contributed by atoms with Crippen LogP contribution in [0.3, 0.4) is 0 Å². The Labute approximate surface area is 175 Å². The van der Waals surface area contributed by atoms with Gasteiger partial charge in [-0.2, -0.15) is 5.11 Å². The second-order valence-electron chi connectivity index (χ2n) is 8.05. The van der Waals surface area contributed by atoms with Crippen LogP contribution in [0.1, 0.15) is 31.2 Å². The Morgan fingerprint density at radius 3 is 2.73 bits per heavy atom. The van der Waals surface area contributed by atoms with Crippen LogP contribution in [0.25, 0.3) is 0 Å². The highest BCUT2D eigenvalue weighted by Crippen LogP contribution is 2.48. The third kappa shape index (κ3) is 5.38. The minimum absolute atomic E-state index is 0.0575. The summed E-state index contributed by atoms with van der Waals surface area (Å²) in [6.45, 7) is 1.80. The molecule has 3 aliphatic rings. The summed E-state index contributed by atoms with van der Waals surface area (Å²) in [5.74, 6) is 6.88. The van der Waals surface area contributed by atoms with Crippen molar-refractivity contribution in [2.24, 2.45) is 16.4 Å². The van der Waals surface area contributed by atoms with Gasteiger partial charge < -0.3 is 24.8 Å². The Balaban J connectivity index is 1.34. The van der Waals surface area contributed by atoms with Crippen molar-refractivity contribution < 1.29 is 19.0 Å². The van der Waals surface area contributed by atoms with Crippen molar-refractivity contribution >= 4 is 11.6 Å². The predicted molar refractivity (Wildman–Crippen MR) is 110 cm³/mol. The van der Waals surface area contributed by atoms with Gasteiger partial charge in [0.2, 0.25) is 0 Å². The zero-order valence-electron chi connectivity index (χ0n) is 17.0. The van der Waals surface area contributed by atoms with E-state index >= 15 is 0 Å². The van der Waals surface area contributed by atoms with Crippen LogP contribution in [0.4, 0.5) is 5.69 Å². The summed E-state index contributed by atoms with van der Waals surface area (Å²) in [5.41, 5.74) is 8.81. The van der Waals surface area contributed by atoms with E-state index in [1.54, 1.807) is 19.2 Å². The van der Waals surface area contributed by atoms with E-state index in [2.05, 4.69) is 27.6 Å². The van der Waals surface area contributed by atoms with Crippen LogP contribution >= 0.6 is 0 Å². The van der Waals surface area contributed by atoms with Crippen molar-refractivity contribution in [3.05, 3.63) is 35.7 Å². The van der Waals surface area contributed by atoms with E-state index in [9.17, 15) is 4.79 Å². The van der Waals surface area contributed by atoms with E-state index in [-0.39, 0.29) is 17.4 Å². The lowest BCUT2D eigenvalue weighted by molar-refractivity contribution is -0.203. The van der Waals surface area contributed by atoms with Gasteiger partial charge in [0.25, 0.3) is 5.91 Å². The number of nitrogens with one attached hydrogen (secondary N) is 3. The number of nitrogens with zero attached hydrogens (tertiary/aromatic N) is 1. The molecule has 3 N–H and O–H groups in total. The third-order valence-corrected chi connectivity index (χ3v) is 5.38. The molecule has 0 unspecified atom stereocenters. The summed E-state index contributed by atoms with van der Waals surface area (Å²) < 4.78 is 16.7. The molecule has 1 aromatic rings. The molecular weight excluding hydrogens is 384 g/mol. The van der Waals surface area contributed by atoms with Gasteiger partial charge >= 0.3 is 0 Å². The van der Waals surface area contributed by atoms with Crippen LogP contribution in [0.15, 0.2) is 35.2 Å². The quantitative estimate of drug-likeness (QED) is 0.364. The van der Waals surface area contributed by atoms with Crippen LogP contribution in [0, 0.1) is 28.7 Å². The fourth-order valence-corrected chi connectivity index (χ4v) is 3.08. The largest absolute Gasteiger partial charge is 0.497 e. The number of rotatable bonds is 7. The molecule has 0 atom stereocenters. The molecule has 0 aromatic heterocycles. The van der Waals surface area contributed by atoms with Crippen LogP contribution in [0.5, 0.6) is 5.75 Å². The number of hydrogen-bond donors (Lipinski definition) is 3. The number of anilines is 1. The predicted octanol–water partition coefficient (Wildman–Crippen LogP) is 3.01. The summed E-state index contributed by atoms with van der Waals surface area (Å²) in [6, 6.07) is 5.31. The molecule has 8 heteroatoms. The number of carbonyl (C=O) groups excluding carboxylic acids is 1. The van der Waals surface area contributed by atoms with Gasteiger partial charge in [-0.05, 0) is 37.8 Å². The number of hydrogen-bond acceptors (Lipinski definition) is 7. The maximum absolute atomic E-state index is 12.5. The van der Waals surface area contributed by atoms with Gasteiger partial charge in [0, 0.05) is 34.9 Å². The van der Waals surface area contributed by atoms with E-state index in [0.717, 1.165) is 31.2 Å². The maximum atomic E-state index is 12.5. The van der Waals surface area contributed by atoms with Crippen molar-refractivity contribution in [2.45, 2.75) is 32.0 Å². The normalized spacial score (nSPS) is 20.1. The van der Waals surface area contributed by atoms with E-state index in [1.807, 2.05) is 6.07 Å². The monoisotopic (exact) mass is 410 g/mol. The van der Waals surface area contributed by atoms with Crippen molar-refractivity contribution in [1.29, 1.82) is 5.53 Å². The molecule has 8 nitrogen and oxygen atoms in total. The molecule has 3 fully saturated rings. The van der Waals surface area contributed by atoms with E-state index in [0.29, 0.717) is 37.1 Å². The summed E-state index contributed by atoms with van der Waals surface area (Å²) >= 11 is 0. The molecule has 0 radical (unpaired) electrons. The van der Waals surface area contributed by atoms with Crippen LogP contribution in [-0.4, -0.2) is 39.1 Å². The van der Waals surface area contributed by atoms with Gasteiger partial charge in [0.05, 0.1) is 26.9 Å². The van der Waals surface area contributed by atoms with Crippen LogP contribution < -0.4 is 15.4 Å². The zero-order chi connectivity index (χ0) is 21.0. The minimum atomic E-state index is -0.505. The fraction of sp³-hybridized carbons (Fsp3) is 0.500. The van der Waals surface area contributed by atoms with Gasteiger partial charge in [0.1, 0.15) is 5.75 Å². The Morgan fingerprint density at radius 1 is 1.33 bits per heavy atom. The van der Waals surface area contributed by atoms with E-state index in [4.69, 9.17) is 19.7 Å². The topological polar surface area (TPSA) is 105 Å². The molecule has 30 heavy (non-hydrogen) atoms. The highest BCUT2D eigenvalue weighted by molar-refractivity contribution is 6.03. The van der Waals surface area contributed by atoms with E-state index < -0.39 is 5.91 Å². The Bertz CT molecular complexity index is 899. The summed E-state index contributed by atoms with van der Waals surface area (Å²) in [6.07, 6.45) is 5.63. The van der Waals surface area contributed by atoms with Gasteiger partial charge in [-0.25, -0.2) is 5.53 Å². The van der Waals surface area contributed by atoms with Gasteiger partial charge in [-0.1, -0.05) is 11.8 Å². The Hall–Kier alpha value is -2.89. The van der Waals surface area contributed by atoms with Crippen molar-refractivity contribution in [2.75, 3.05) is 32.2 Å². The first kappa shape index (κ1) is 20.4. The van der Waals surface area contributed by atoms with Crippen molar-refractivity contribution in [3.63, 3.8) is 0 Å². The summed E-state index contributed by atoms with van der Waals surface area (Å²) in [7, 11) is 1.56. The second-order valence-corrected chi connectivity index (χ2v) is 8.05. The number of benzene rings is 1. The van der Waals surface area contributed by atoms with Crippen LogP contribution in [0.2, 0.25) is 0 Å². The first-order chi connectivity index (χ1) is 14.6. The van der Waals surface area contributed by atoms with E-state index in [1.165, 1.54) is 6.20 Å². The minimum Gasteiger partial charge on any atom is -0.497 e. The first-order valence-corrected chi connectivity index (χ1v) is 10.2. The number of methoxy groups -OCH3 is 1. The molecule has 1 aliphatic heterocycles. The standard InChI is InChI=1S/C22H26N4O4/c1-28-18-9-16(5-4-15-2-3-15)8-17(10-18)25-21(27)19(26-23)11-24-12-20-29-13-22(6-7-22)14-30-20/h8-11,15,20,23-24H,2-3,6-7,12-14H2,1H3,(H,25,27)/b19-11-,26-23?. The molecule has 2 saturated carbocycles. The average Bonchev–Trinajstić information content (AvgIpc) is 3.68. The van der Waals surface area contributed by atoms with Crippen LogP contribution in [-0.2, 0) is 14.3 Å². The number of ether oxygens (including phenoxy) is 3. The second kappa shape index (κ2) is 8.86. The molecule has 1 saturated heterocycles. The third-order valence-electron chi connectivity index (χ3n) is 5.38. The molecule has 1 spiro atoms. The molecule has 2 aliphatic carbocycles. The fourth-order valence-electron chi connectivity index (χ4n) is 3.08. The first-order valence-electron chi connectivity index (χ1n) is 10.2. The smallest absolute Gasteiger partial charge is 0.277 e. The molecule has 1 amide bonds. The molecular formula is C22H26N4O4. The number of amides is 1. The lowest BCUT2D eigenvalue weighted by atomic mass is 10.1. The Kier molecular flexibility index (Phi) is 6.02. The summed E-state index contributed by atoms with van der Waals surface area (Å²) in [4.78, 5) is 12.5. The maximum Gasteiger partial charge on any atom is 0.277 e. The number of carbonyl (C=O) groups is 1. The van der Waals surface area contributed by atoms with Gasteiger partial charge in [0.15, 0.2) is 12.0 Å². The molecule has 1 aromatic carbocycles. The summed E-state index contributed by atoms with van der Waals surface area (Å²) in [5, 5.41) is 9.04. The highest BCUT2D eigenvalue weighted by Gasteiger charge is 2.46. The lowest BCUT2D eigenvalue weighted by Crippen LogP contribution is -2.38. The van der Waals surface area contributed by atoms with Crippen molar-refractivity contribution in [3.8, 4) is 17.6 Å². The molecule has 158 valence electrons. The lowest BCUT2D eigenvalue weighted by Gasteiger charge is -2.29.